The van der Waals surface area contributed by atoms with Gasteiger partial charge in [0.15, 0.2) is 11.5 Å². The molecule has 5 nitrogen and oxygen atoms in total. The number of halogens is 1. The van der Waals surface area contributed by atoms with Crippen LogP contribution < -0.4 is 9.47 Å². The smallest absolute Gasteiger partial charge is 0.293 e. The Bertz CT molecular complexity index is 1200. The van der Waals surface area contributed by atoms with E-state index in [-0.39, 0.29) is 11.4 Å². The maximum atomic E-state index is 14.0. The fraction of sp³-hybridized carbons (Fsp3) is 0.154. The van der Waals surface area contributed by atoms with Gasteiger partial charge in [-0.1, -0.05) is 54.6 Å². The van der Waals surface area contributed by atoms with Gasteiger partial charge < -0.3 is 9.47 Å². The lowest BCUT2D eigenvalue weighted by Gasteiger charge is -2.13. The highest BCUT2D eigenvalue weighted by molar-refractivity contribution is 8.18. The fourth-order valence-electron chi connectivity index (χ4n) is 3.32. The number of thioether (sulfide) groups is 1. The highest BCUT2D eigenvalue weighted by atomic mass is 32.2. The molecule has 4 rings (SSSR count). The van der Waals surface area contributed by atoms with Gasteiger partial charge in [0.2, 0.25) is 0 Å². The lowest BCUT2D eigenvalue weighted by Crippen LogP contribution is -2.27. The van der Waals surface area contributed by atoms with E-state index in [1.54, 1.807) is 42.5 Å². The van der Waals surface area contributed by atoms with Gasteiger partial charge in [-0.15, -0.1) is 0 Å². The molecule has 0 aromatic heterocycles. The summed E-state index contributed by atoms with van der Waals surface area (Å²) in [5, 5.41) is -0.428. The Morgan fingerprint density at radius 2 is 1.70 bits per heavy atom. The minimum Gasteiger partial charge on any atom is -0.490 e. The van der Waals surface area contributed by atoms with Crippen LogP contribution in [0.3, 0.4) is 0 Å². The van der Waals surface area contributed by atoms with Crippen molar-refractivity contribution in [2.45, 2.75) is 20.1 Å². The van der Waals surface area contributed by atoms with E-state index >= 15 is 0 Å². The number of benzene rings is 3. The molecule has 33 heavy (non-hydrogen) atoms. The van der Waals surface area contributed by atoms with E-state index in [4.69, 9.17) is 9.47 Å². The van der Waals surface area contributed by atoms with Gasteiger partial charge in [0.1, 0.15) is 12.4 Å². The number of ether oxygens (including phenoxy) is 2. The molecule has 1 heterocycles. The molecule has 2 amide bonds. The average Bonchev–Trinajstić information content (AvgIpc) is 3.08. The zero-order valence-electron chi connectivity index (χ0n) is 18.0. The van der Waals surface area contributed by atoms with Gasteiger partial charge in [0.05, 0.1) is 18.1 Å². The van der Waals surface area contributed by atoms with Crippen molar-refractivity contribution < 1.29 is 23.5 Å². The van der Waals surface area contributed by atoms with E-state index in [0.717, 1.165) is 22.2 Å². The molecule has 1 saturated heterocycles. The molecule has 0 bridgehead atoms. The van der Waals surface area contributed by atoms with Crippen LogP contribution >= 0.6 is 11.8 Å². The van der Waals surface area contributed by atoms with E-state index in [0.29, 0.717) is 35.8 Å². The predicted octanol–water partition coefficient (Wildman–Crippen LogP) is 6.04. The van der Waals surface area contributed by atoms with Gasteiger partial charge >= 0.3 is 0 Å². The zero-order valence-corrected chi connectivity index (χ0v) is 18.8. The second kappa shape index (κ2) is 10.4. The first-order valence-electron chi connectivity index (χ1n) is 10.5. The van der Waals surface area contributed by atoms with Crippen molar-refractivity contribution in [2.24, 2.45) is 0 Å². The summed E-state index contributed by atoms with van der Waals surface area (Å²) in [6.07, 6.45) is 1.63. The van der Waals surface area contributed by atoms with Gasteiger partial charge in [0.25, 0.3) is 11.1 Å². The van der Waals surface area contributed by atoms with Crippen LogP contribution in [0, 0.1) is 5.82 Å². The molecule has 3 aromatic carbocycles. The first kappa shape index (κ1) is 22.6. The number of rotatable bonds is 8. The topological polar surface area (TPSA) is 55.8 Å². The molecule has 0 N–H and O–H groups in total. The van der Waals surface area contributed by atoms with Crippen LogP contribution in [0.15, 0.2) is 77.7 Å². The Hall–Kier alpha value is -3.58. The van der Waals surface area contributed by atoms with Crippen molar-refractivity contribution >= 4 is 29.0 Å². The van der Waals surface area contributed by atoms with Gasteiger partial charge in [-0.25, -0.2) is 4.39 Å². The summed E-state index contributed by atoms with van der Waals surface area (Å²) in [7, 11) is 0. The Balaban J connectivity index is 1.51. The van der Waals surface area contributed by atoms with Gasteiger partial charge in [0, 0.05) is 5.56 Å². The maximum absolute atomic E-state index is 14.0. The molecule has 0 aliphatic carbocycles. The molecule has 0 atom stereocenters. The van der Waals surface area contributed by atoms with E-state index in [1.165, 1.54) is 6.07 Å². The normalized spacial score (nSPS) is 14.7. The van der Waals surface area contributed by atoms with Crippen molar-refractivity contribution in [1.82, 2.24) is 4.90 Å². The summed E-state index contributed by atoms with van der Waals surface area (Å²) in [4.78, 5) is 26.5. The van der Waals surface area contributed by atoms with Gasteiger partial charge in [-0.05, 0) is 54.1 Å². The lowest BCUT2D eigenvalue weighted by atomic mass is 10.1. The van der Waals surface area contributed by atoms with Crippen LogP contribution in [-0.4, -0.2) is 22.7 Å². The first-order chi connectivity index (χ1) is 16.0. The largest absolute Gasteiger partial charge is 0.490 e. The molecule has 1 aliphatic heterocycles. The minimum atomic E-state index is -0.451. The third kappa shape index (κ3) is 5.43. The van der Waals surface area contributed by atoms with E-state index in [2.05, 4.69) is 0 Å². The fourth-order valence-corrected chi connectivity index (χ4v) is 4.16. The molecule has 0 saturated carbocycles. The van der Waals surface area contributed by atoms with Crippen LogP contribution in [0.5, 0.6) is 11.5 Å². The summed E-state index contributed by atoms with van der Waals surface area (Å²) in [5.74, 6) is 0.238. The third-order valence-electron chi connectivity index (χ3n) is 4.96. The van der Waals surface area contributed by atoms with Crippen LogP contribution in [-0.2, 0) is 17.9 Å². The van der Waals surface area contributed by atoms with Gasteiger partial charge in [-0.3, -0.25) is 14.5 Å². The number of carbonyl (C=O) groups is 2. The number of hydrogen-bond acceptors (Lipinski definition) is 5. The average molecular weight is 464 g/mol. The Morgan fingerprint density at radius 3 is 2.45 bits per heavy atom. The van der Waals surface area contributed by atoms with E-state index in [1.807, 2.05) is 37.3 Å². The number of imide groups is 1. The molecule has 0 radical (unpaired) electrons. The van der Waals surface area contributed by atoms with Crippen LogP contribution in [0.2, 0.25) is 0 Å². The first-order valence-corrected chi connectivity index (χ1v) is 11.3. The molecule has 0 unspecified atom stereocenters. The molecule has 3 aromatic rings. The number of hydrogen-bond donors (Lipinski definition) is 0. The molecule has 1 fully saturated rings. The van der Waals surface area contributed by atoms with Crippen molar-refractivity contribution in [2.75, 3.05) is 6.61 Å². The number of carbonyl (C=O) groups excluding carboxylic acids is 2. The van der Waals surface area contributed by atoms with Crippen molar-refractivity contribution in [1.29, 1.82) is 0 Å². The maximum Gasteiger partial charge on any atom is 0.293 e. The quantitative estimate of drug-likeness (QED) is 0.381. The number of amides is 2. The van der Waals surface area contributed by atoms with Crippen LogP contribution in [0.1, 0.15) is 23.6 Å². The van der Waals surface area contributed by atoms with E-state index < -0.39 is 17.0 Å². The van der Waals surface area contributed by atoms with E-state index in [9.17, 15) is 14.0 Å². The van der Waals surface area contributed by atoms with Gasteiger partial charge in [-0.2, -0.15) is 0 Å². The Morgan fingerprint density at radius 1 is 0.939 bits per heavy atom. The zero-order chi connectivity index (χ0) is 23.2. The summed E-state index contributed by atoms with van der Waals surface area (Å²) >= 11 is 0.837. The standard InChI is InChI=1S/C26H22FNO4S/c1-2-31-23-14-19(12-13-22(23)32-17-18-8-4-3-5-9-18)15-24-25(29)28(26(30)33-24)16-20-10-6-7-11-21(20)27/h3-15H,2,16-17H2,1H3/b24-15-. The van der Waals surface area contributed by atoms with Crippen molar-refractivity contribution in [3.8, 4) is 11.5 Å². The molecule has 1 aliphatic rings. The molecule has 0 spiro atoms. The highest BCUT2D eigenvalue weighted by Gasteiger charge is 2.35. The summed E-state index contributed by atoms with van der Waals surface area (Å²) < 4.78 is 25.6. The second-order valence-corrected chi connectivity index (χ2v) is 8.27. The minimum absolute atomic E-state index is 0.106. The van der Waals surface area contributed by atoms with Crippen LogP contribution in [0.25, 0.3) is 6.08 Å². The molecular formula is C26H22FNO4S. The van der Waals surface area contributed by atoms with Crippen molar-refractivity contribution in [3.63, 3.8) is 0 Å². The summed E-state index contributed by atoms with van der Waals surface area (Å²) in [6, 6.07) is 21.3. The Labute approximate surface area is 195 Å². The Kier molecular flexibility index (Phi) is 7.10. The summed E-state index contributed by atoms with van der Waals surface area (Å²) in [6.45, 7) is 2.62. The highest BCUT2D eigenvalue weighted by Crippen LogP contribution is 2.35. The molecule has 7 heteroatoms. The third-order valence-corrected chi connectivity index (χ3v) is 5.87. The SMILES string of the molecule is CCOc1cc(/C=C2\SC(=O)N(Cc3ccccc3F)C2=O)ccc1OCc1ccccc1. The molecule has 168 valence electrons. The summed E-state index contributed by atoms with van der Waals surface area (Å²) in [5.41, 5.74) is 2.02. The van der Waals surface area contributed by atoms with Crippen LogP contribution in [0.4, 0.5) is 9.18 Å². The predicted molar refractivity (Wildman–Crippen MR) is 126 cm³/mol. The second-order valence-electron chi connectivity index (χ2n) is 7.27. The lowest BCUT2D eigenvalue weighted by molar-refractivity contribution is -0.123. The monoisotopic (exact) mass is 463 g/mol. The van der Waals surface area contributed by atoms with Crippen molar-refractivity contribution in [3.05, 3.63) is 100 Å². The molecular weight excluding hydrogens is 441 g/mol. The number of nitrogens with zero attached hydrogens (tertiary/aromatic N) is 1.